The molecule has 1 aromatic carbocycles. The van der Waals surface area contributed by atoms with Crippen molar-refractivity contribution in [2.24, 2.45) is 5.92 Å². The third-order valence-corrected chi connectivity index (χ3v) is 3.69. The van der Waals surface area contributed by atoms with Crippen LogP contribution in [0.5, 0.6) is 5.75 Å². The van der Waals surface area contributed by atoms with Crippen LogP contribution in [0.1, 0.15) is 33.6 Å². The Morgan fingerprint density at radius 1 is 1.29 bits per heavy atom. The molecular formula is C18H24N2O4. The lowest BCUT2D eigenvalue weighted by atomic mass is 9.90. The standard InChI is InChI=1S/C18H24N2O4/c1-14(2)18(3,13-19)20-16(21)12-24-17(22)10-7-11-23-15-8-5-4-6-9-15/h4-6,8-9,14H,7,10-12H2,1-3H3,(H,20,21). The minimum absolute atomic E-state index is 0.0581. The van der Waals surface area contributed by atoms with Gasteiger partial charge in [0, 0.05) is 6.42 Å². The van der Waals surface area contributed by atoms with Crippen LogP contribution in [-0.4, -0.2) is 30.6 Å². The first-order valence-electron chi connectivity index (χ1n) is 7.93. The van der Waals surface area contributed by atoms with Crippen molar-refractivity contribution in [1.82, 2.24) is 5.32 Å². The number of nitrogens with zero attached hydrogens (tertiary/aromatic N) is 1. The van der Waals surface area contributed by atoms with Crippen LogP contribution in [0, 0.1) is 17.2 Å². The number of carbonyl (C=O) groups is 2. The highest BCUT2D eigenvalue weighted by atomic mass is 16.5. The second kappa shape index (κ2) is 9.56. The van der Waals surface area contributed by atoms with Crippen molar-refractivity contribution in [1.29, 1.82) is 5.26 Å². The number of hydrogen-bond acceptors (Lipinski definition) is 5. The molecule has 130 valence electrons. The van der Waals surface area contributed by atoms with E-state index >= 15 is 0 Å². The Hall–Kier alpha value is -2.55. The van der Waals surface area contributed by atoms with Gasteiger partial charge in [0.05, 0.1) is 12.7 Å². The molecule has 1 unspecified atom stereocenters. The number of rotatable bonds is 9. The zero-order chi connectivity index (χ0) is 18.0. The summed E-state index contributed by atoms with van der Waals surface area (Å²) >= 11 is 0. The van der Waals surface area contributed by atoms with E-state index < -0.39 is 17.4 Å². The Labute approximate surface area is 142 Å². The zero-order valence-corrected chi connectivity index (χ0v) is 14.4. The first-order valence-corrected chi connectivity index (χ1v) is 7.93. The minimum atomic E-state index is -0.979. The van der Waals surface area contributed by atoms with E-state index in [1.165, 1.54) is 0 Å². The molecule has 6 nitrogen and oxygen atoms in total. The van der Waals surface area contributed by atoms with E-state index in [0.29, 0.717) is 13.0 Å². The van der Waals surface area contributed by atoms with Gasteiger partial charge in [0.2, 0.25) is 0 Å². The third kappa shape index (κ3) is 6.69. The molecule has 1 aromatic rings. The maximum absolute atomic E-state index is 11.8. The maximum Gasteiger partial charge on any atom is 0.306 e. The van der Waals surface area contributed by atoms with Gasteiger partial charge in [0.1, 0.15) is 11.3 Å². The van der Waals surface area contributed by atoms with Gasteiger partial charge in [0.15, 0.2) is 6.61 Å². The monoisotopic (exact) mass is 332 g/mol. The van der Waals surface area contributed by atoms with Crippen LogP contribution in [0.25, 0.3) is 0 Å². The van der Waals surface area contributed by atoms with Crippen LogP contribution in [-0.2, 0) is 14.3 Å². The van der Waals surface area contributed by atoms with E-state index in [-0.39, 0.29) is 18.9 Å². The van der Waals surface area contributed by atoms with Crippen molar-refractivity contribution < 1.29 is 19.1 Å². The number of ether oxygens (including phenoxy) is 2. The zero-order valence-electron chi connectivity index (χ0n) is 14.4. The van der Waals surface area contributed by atoms with Crippen LogP contribution in [0.3, 0.4) is 0 Å². The summed E-state index contributed by atoms with van der Waals surface area (Å²) in [4.78, 5) is 23.4. The Bertz CT molecular complexity index is 580. The van der Waals surface area contributed by atoms with Crippen molar-refractivity contribution in [3.63, 3.8) is 0 Å². The van der Waals surface area contributed by atoms with Gasteiger partial charge in [-0.05, 0) is 31.4 Å². The highest BCUT2D eigenvalue weighted by Crippen LogP contribution is 2.14. The summed E-state index contributed by atoms with van der Waals surface area (Å²) in [5, 5.41) is 11.7. The topological polar surface area (TPSA) is 88.4 Å². The van der Waals surface area contributed by atoms with Gasteiger partial charge in [-0.3, -0.25) is 9.59 Å². The second-order valence-corrected chi connectivity index (χ2v) is 5.94. The van der Waals surface area contributed by atoms with Gasteiger partial charge < -0.3 is 14.8 Å². The number of amides is 1. The average Bonchev–Trinajstić information content (AvgIpc) is 2.57. The summed E-state index contributed by atoms with van der Waals surface area (Å²) in [5.74, 6) is -0.265. The molecule has 0 aliphatic carbocycles. The number of para-hydroxylation sites is 1. The molecule has 0 heterocycles. The molecule has 1 atom stereocenters. The van der Waals surface area contributed by atoms with Gasteiger partial charge in [-0.25, -0.2) is 0 Å². The highest BCUT2D eigenvalue weighted by molar-refractivity contribution is 5.81. The Morgan fingerprint density at radius 3 is 2.54 bits per heavy atom. The van der Waals surface area contributed by atoms with E-state index in [2.05, 4.69) is 11.4 Å². The number of hydrogen-bond donors (Lipinski definition) is 1. The molecule has 1 N–H and O–H groups in total. The van der Waals surface area contributed by atoms with Crippen LogP contribution >= 0.6 is 0 Å². The molecule has 0 aromatic heterocycles. The molecule has 6 heteroatoms. The van der Waals surface area contributed by atoms with E-state index in [9.17, 15) is 9.59 Å². The van der Waals surface area contributed by atoms with Gasteiger partial charge in [-0.1, -0.05) is 32.0 Å². The van der Waals surface area contributed by atoms with E-state index in [1.54, 1.807) is 6.92 Å². The summed E-state index contributed by atoms with van der Waals surface area (Å²) < 4.78 is 10.4. The number of benzene rings is 1. The lowest BCUT2D eigenvalue weighted by Crippen LogP contribution is -2.50. The second-order valence-electron chi connectivity index (χ2n) is 5.94. The predicted molar refractivity (Wildman–Crippen MR) is 89.1 cm³/mol. The first kappa shape index (κ1) is 19.5. The molecule has 0 spiro atoms. The smallest absolute Gasteiger partial charge is 0.306 e. The fourth-order valence-corrected chi connectivity index (χ4v) is 1.77. The van der Waals surface area contributed by atoms with E-state index in [0.717, 1.165) is 5.75 Å². The maximum atomic E-state index is 11.8. The van der Waals surface area contributed by atoms with Crippen LogP contribution in [0.15, 0.2) is 30.3 Å². The largest absolute Gasteiger partial charge is 0.494 e. The van der Waals surface area contributed by atoms with E-state index in [4.69, 9.17) is 14.7 Å². The molecule has 24 heavy (non-hydrogen) atoms. The number of carbonyl (C=O) groups excluding carboxylic acids is 2. The Morgan fingerprint density at radius 2 is 1.96 bits per heavy atom. The molecule has 0 bridgehead atoms. The summed E-state index contributed by atoms with van der Waals surface area (Å²) in [7, 11) is 0. The normalized spacial score (nSPS) is 12.8. The van der Waals surface area contributed by atoms with Crippen LogP contribution in [0.4, 0.5) is 0 Å². The molecule has 1 amide bonds. The minimum Gasteiger partial charge on any atom is -0.494 e. The Kier molecular flexibility index (Phi) is 7.76. The van der Waals surface area contributed by atoms with Crippen molar-refractivity contribution >= 4 is 11.9 Å². The Balaban J connectivity index is 2.21. The third-order valence-electron chi connectivity index (χ3n) is 3.69. The first-order chi connectivity index (χ1) is 11.4. The average molecular weight is 332 g/mol. The molecule has 0 saturated carbocycles. The molecule has 0 fully saturated rings. The van der Waals surface area contributed by atoms with Crippen molar-refractivity contribution in [2.75, 3.05) is 13.2 Å². The van der Waals surface area contributed by atoms with Crippen molar-refractivity contribution in [2.45, 2.75) is 39.2 Å². The van der Waals surface area contributed by atoms with Crippen LogP contribution < -0.4 is 10.1 Å². The highest BCUT2D eigenvalue weighted by Gasteiger charge is 2.30. The predicted octanol–water partition coefficient (Wildman–Crippen LogP) is 2.44. The van der Waals surface area contributed by atoms with Crippen LogP contribution in [0.2, 0.25) is 0 Å². The molecule has 0 aliphatic rings. The van der Waals surface area contributed by atoms with E-state index in [1.807, 2.05) is 44.2 Å². The van der Waals surface area contributed by atoms with Gasteiger partial charge in [-0.15, -0.1) is 0 Å². The summed E-state index contributed by atoms with van der Waals surface area (Å²) in [6.07, 6.45) is 0.664. The lowest BCUT2D eigenvalue weighted by Gasteiger charge is -2.27. The van der Waals surface area contributed by atoms with Gasteiger partial charge >= 0.3 is 5.97 Å². The summed E-state index contributed by atoms with van der Waals surface area (Å²) in [5.41, 5.74) is -0.979. The lowest BCUT2D eigenvalue weighted by molar-refractivity contribution is -0.149. The fraction of sp³-hybridized carbons (Fsp3) is 0.500. The van der Waals surface area contributed by atoms with Crippen molar-refractivity contribution in [3.8, 4) is 11.8 Å². The molecular weight excluding hydrogens is 308 g/mol. The molecule has 0 aliphatic heterocycles. The number of nitriles is 1. The van der Waals surface area contributed by atoms with Gasteiger partial charge in [-0.2, -0.15) is 5.26 Å². The fourth-order valence-electron chi connectivity index (χ4n) is 1.77. The van der Waals surface area contributed by atoms with Crippen molar-refractivity contribution in [3.05, 3.63) is 30.3 Å². The summed E-state index contributed by atoms with van der Waals surface area (Å²) in [6, 6.07) is 11.4. The molecule has 1 rings (SSSR count). The number of nitrogens with one attached hydrogen (secondary N) is 1. The SMILES string of the molecule is CC(C)C(C)(C#N)NC(=O)COC(=O)CCCOc1ccccc1. The summed E-state index contributed by atoms with van der Waals surface area (Å²) in [6.45, 7) is 5.32. The molecule has 0 saturated heterocycles. The molecule has 0 radical (unpaired) electrons. The van der Waals surface area contributed by atoms with Gasteiger partial charge in [0.25, 0.3) is 5.91 Å². The number of esters is 1. The quantitative estimate of drug-likeness (QED) is 0.554.